The van der Waals surface area contributed by atoms with Crippen LogP contribution in [0.1, 0.15) is 6.92 Å². The van der Waals surface area contributed by atoms with Gasteiger partial charge in [-0.25, -0.2) is 0 Å². The minimum Gasteiger partial charge on any atom is -0.166 e. The molecule has 4 heteroatoms. The Kier molecular flexibility index (Phi) is 4.59. The molecule has 0 aromatic heterocycles. The van der Waals surface area contributed by atoms with Gasteiger partial charge in [0.25, 0.3) is 0 Å². The van der Waals surface area contributed by atoms with E-state index >= 15 is 0 Å². The molecular weight excluding hydrogens is 280 g/mol. The van der Waals surface area contributed by atoms with Crippen molar-refractivity contribution in [2.45, 2.75) is 13.1 Å². The second-order valence-corrected chi connectivity index (χ2v) is 3.28. The van der Waals surface area contributed by atoms with Gasteiger partial charge >= 0.3 is 6.18 Å². The van der Waals surface area contributed by atoms with Crippen LogP contribution in [0.2, 0.25) is 0 Å². The van der Waals surface area contributed by atoms with Gasteiger partial charge in [-0.15, -0.1) is 0 Å². The molecule has 0 radical (unpaired) electrons. The van der Waals surface area contributed by atoms with Gasteiger partial charge in [0, 0.05) is 9.15 Å². The monoisotopic (exact) mass is 288 g/mol. The quantitative estimate of drug-likeness (QED) is 0.532. The van der Waals surface area contributed by atoms with Gasteiger partial charge in [0.1, 0.15) is 0 Å². The summed E-state index contributed by atoms with van der Waals surface area (Å²) < 4.78 is 36.2. The fraction of sp³-hybridized carbons (Fsp3) is 0.250. The topological polar surface area (TPSA) is 0 Å². The van der Waals surface area contributed by atoms with Crippen molar-refractivity contribution in [1.29, 1.82) is 0 Å². The predicted molar refractivity (Wildman–Crippen MR) is 52.1 cm³/mol. The minimum atomic E-state index is -4.32. The standard InChI is InChI=1S/C8H8F3I/c1-3-7(12)5-4-6(2)8(9,10)11/h3-5H,2H2,1H3/b5-4-,7-3+. The molecule has 0 saturated heterocycles. The summed E-state index contributed by atoms with van der Waals surface area (Å²) in [4.78, 5) is 0. The van der Waals surface area contributed by atoms with Gasteiger partial charge in [0.15, 0.2) is 0 Å². The summed E-state index contributed by atoms with van der Waals surface area (Å²) in [6.07, 6.45) is -0.278. The Morgan fingerprint density at radius 3 is 2.17 bits per heavy atom. The SMILES string of the molecule is C=C(/C=C\C(I)=C/C)C(F)(F)F. The van der Waals surface area contributed by atoms with Crippen molar-refractivity contribution in [3.63, 3.8) is 0 Å². The molecule has 0 fully saturated rings. The van der Waals surface area contributed by atoms with E-state index in [1.807, 2.05) is 22.6 Å². The third kappa shape index (κ3) is 4.58. The number of allylic oxidation sites excluding steroid dienone is 5. The van der Waals surface area contributed by atoms with Crippen LogP contribution in [0.3, 0.4) is 0 Å². The molecule has 0 aliphatic heterocycles. The fourth-order valence-electron chi connectivity index (χ4n) is 0.371. The molecule has 68 valence electrons. The number of halogens is 4. The average molecular weight is 288 g/mol. The first kappa shape index (κ1) is 11.7. The van der Waals surface area contributed by atoms with Gasteiger partial charge in [-0.1, -0.05) is 12.7 Å². The molecule has 0 N–H and O–H groups in total. The first-order valence-corrected chi connectivity index (χ1v) is 4.21. The molecule has 0 unspecified atom stereocenters. The van der Waals surface area contributed by atoms with Crippen molar-refractivity contribution in [2.24, 2.45) is 0 Å². The van der Waals surface area contributed by atoms with Crippen LogP contribution in [-0.4, -0.2) is 6.18 Å². The Morgan fingerprint density at radius 1 is 1.33 bits per heavy atom. The fourth-order valence-corrected chi connectivity index (χ4v) is 0.551. The maximum Gasteiger partial charge on any atom is 0.415 e. The Bertz CT molecular complexity index is 223. The highest BCUT2D eigenvalue weighted by Gasteiger charge is 2.29. The van der Waals surface area contributed by atoms with Gasteiger partial charge < -0.3 is 0 Å². The van der Waals surface area contributed by atoms with Crippen molar-refractivity contribution in [1.82, 2.24) is 0 Å². The van der Waals surface area contributed by atoms with Crippen LogP contribution < -0.4 is 0 Å². The summed E-state index contributed by atoms with van der Waals surface area (Å²) in [5.41, 5.74) is -0.835. The summed E-state index contributed by atoms with van der Waals surface area (Å²) >= 11 is 1.93. The zero-order chi connectivity index (χ0) is 9.78. The molecule has 12 heavy (non-hydrogen) atoms. The number of hydrogen-bond donors (Lipinski definition) is 0. The maximum atomic E-state index is 11.8. The molecule has 0 saturated carbocycles. The first-order chi connectivity index (χ1) is 5.38. The second-order valence-electron chi connectivity index (χ2n) is 2.03. The van der Waals surface area contributed by atoms with E-state index in [1.54, 1.807) is 13.0 Å². The largest absolute Gasteiger partial charge is 0.415 e. The zero-order valence-electron chi connectivity index (χ0n) is 6.45. The average Bonchev–Trinajstić information content (AvgIpc) is 1.97. The smallest absolute Gasteiger partial charge is 0.166 e. The molecule has 0 aromatic rings. The van der Waals surface area contributed by atoms with Crippen LogP contribution in [0, 0.1) is 0 Å². The van der Waals surface area contributed by atoms with Crippen molar-refractivity contribution in [3.8, 4) is 0 Å². The van der Waals surface area contributed by atoms with Crippen molar-refractivity contribution in [3.05, 3.63) is 34.0 Å². The van der Waals surface area contributed by atoms with Crippen molar-refractivity contribution in [2.75, 3.05) is 0 Å². The Hall–Kier alpha value is -0.260. The Balaban J connectivity index is 4.29. The molecule has 0 bridgehead atoms. The molecule has 0 nitrogen and oxygen atoms in total. The number of rotatable bonds is 2. The molecule has 0 spiro atoms. The molecule has 0 atom stereocenters. The molecule has 0 amide bonds. The molecular formula is C8H8F3I. The third-order valence-electron chi connectivity index (χ3n) is 1.08. The molecule has 0 aliphatic carbocycles. The van der Waals surface area contributed by atoms with E-state index in [0.29, 0.717) is 0 Å². The van der Waals surface area contributed by atoms with Crippen molar-refractivity contribution < 1.29 is 13.2 Å². The Labute approximate surface area is 83.0 Å². The lowest BCUT2D eigenvalue weighted by atomic mass is 10.2. The number of hydrogen-bond acceptors (Lipinski definition) is 0. The van der Waals surface area contributed by atoms with E-state index in [9.17, 15) is 13.2 Å². The molecule has 0 aromatic carbocycles. The number of alkyl halides is 3. The summed E-state index contributed by atoms with van der Waals surface area (Å²) in [7, 11) is 0. The highest BCUT2D eigenvalue weighted by Crippen LogP contribution is 2.25. The van der Waals surface area contributed by atoms with Gasteiger partial charge in [-0.2, -0.15) is 13.2 Å². The molecule has 0 aliphatic rings. The van der Waals surface area contributed by atoms with Crippen molar-refractivity contribution >= 4 is 22.6 Å². The highest BCUT2D eigenvalue weighted by atomic mass is 127. The summed E-state index contributed by atoms with van der Waals surface area (Å²) in [5.74, 6) is 0. The lowest BCUT2D eigenvalue weighted by Gasteiger charge is -2.03. The van der Waals surface area contributed by atoms with Gasteiger partial charge in [-0.05, 0) is 41.7 Å². The minimum absolute atomic E-state index is 0.748. The first-order valence-electron chi connectivity index (χ1n) is 3.14. The van der Waals surface area contributed by atoms with E-state index in [0.717, 1.165) is 9.66 Å². The highest BCUT2D eigenvalue weighted by molar-refractivity contribution is 14.1. The maximum absolute atomic E-state index is 11.8. The molecule has 0 rings (SSSR count). The predicted octanol–water partition coefficient (Wildman–Crippen LogP) is 4.00. The lowest BCUT2D eigenvalue weighted by Crippen LogP contribution is -2.08. The van der Waals surface area contributed by atoms with Crippen LogP contribution in [0.25, 0.3) is 0 Å². The third-order valence-corrected chi connectivity index (χ3v) is 2.07. The summed E-state index contributed by atoms with van der Waals surface area (Å²) in [6, 6.07) is 0. The van der Waals surface area contributed by atoms with Gasteiger partial charge in [-0.3, -0.25) is 0 Å². The zero-order valence-corrected chi connectivity index (χ0v) is 8.61. The normalized spacial score (nSPS) is 13.9. The summed E-state index contributed by atoms with van der Waals surface area (Å²) in [6.45, 7) is 4.64. The second kappa shape index (κ2) is 4.69. The van der Waals surface area contributed by atoms with Crippen LogP contribution in [0.15, 0.2) is 34.0 Å². The van der Waals surface area contributed by atoms with Gasteiger partial charge in [0.2, 0.25) is 0 Å². The Morgan fingerprint density at radius 2 is 1.83 bits per heavy atom. The lowest BCUT2D eigenvalue weighted by molar-refractivity contribution is -0.0878. The van der Waals surface area contributed by atoms with Crippen LogP contribution in [0.4, 0.5) is 13.2 Å². The molecule has 0 heterocycles. The van der Waals surface area contributed by atoms with Crippen LogP contribution >= 0.6 is 22.6 Å². The van der Waals surface area contributed by atoms with Gasteiger partial charge in [0.05, 0.1) is 0 Å². The van der Waals surface area contributed by atoms with E-state index in [2.05, 4.69) is 6.58 Å². The van der Waals surface area contributed by atoms with E-state index in [1.165, 1.54) is 6.08 Å². The van der Waals surface area contributed by atoms with E-state index in [-0.39, 0.29) is 0 Å². The van der Waals surface area contributed by atoms with E-state index < -0.39 is 11.7 Å². The summed E-state index contributed by atoms with van der Waals surface area (Å²) in [5, 5.41) is 0. The van der Waals surface area contributed by atoms with Crippen LogP contribution in [-0.2, 0) is 0 Å². The van der Waals surface area contributed by atoms with Crippen LogP contribution in [0.5, 0.6) is 0 Å². The van der Waals surface area contributed by atoms with E-state index in [4.69, 9.17) is 0 Å².